The lowest BCUT2D eigenvalue weighted by atomic mass is 10.1. The second kappa shape index (κ2) is 11.1. The van der Waals surface area contributed by atoms with Gasteiger partial charge in [0.15, 0.2) is 11.6 Å². The van der Waals surface area contributed by atoms with Crippen LogP contribution in [0.15, 0.2) is 93.4 Å². The Hall–Kier alpha value is -4.62. The second-order valence-electron chi connectivity index (χ2n) is 8.41. The van der Waals surface area contributed by atoms with E-state index in [9.17, 15) is 28.1 Å². The molecule has 2 aromatic heterocycles. The molecule has 0 unspecified atom stereocenters. The van der Waals surface area contributed by atoms with Gasteiger partial charge in [-0.25, -0.2) is 9.97 Å². The highest BCUT2D eigenvalue weighted by atomic mass is 79.9. The molecule has 14 heteroatoms. The molecule has 41 heavy (non-hydrogen) atoms. The van der Waals surface area contributed by atoms with Crippen LogP contribution in [0.25, 0.3) is 22.3 Å². The van der Waals surface area contributed by atoms with Crippen molar-refractivity contribution in [2.75, 3.05) is 0 Å². The van der Waals surface area contributed by atoms with Crippen LogP contribution in [0.1, 0.15) is 11.1 Å². The molecule has 2 heterocycles. The van der Waals surface area contributed by atoms with E-state index in [0.717, 1.165) is 23.0 Å². The highest BCUT2D eigenvalue weighted by Gasteiger charge is 2.31. The van der Waals surface area contributed by atoms with Gasteiger partial charge in [0.25, 0.3) is 11.2 Å². The van der Waals surface area contributed by atoms with E-state index in [-0.39, 0.29) is 50.2 Å². The molecular weight excluding hydrogens is 631 g/mol. The monoisotopic (exact) mass is 643 g/mol. The van der Waals surface area contributed by atoms with Gasteiger partial charge in [-0.3, -0.25) is 14.9 Å². The standard InChI is InChI=1S/C27H14BrClF3N5O4/c28-21-12-18(29)11-16(24(21)41-23-9-8-19(14-33-23)37(39)40)13-34-36-25(15-4-3-5-17(10-15)27(30,31)32)35-22-7-2-1-6-20(22)26(36)38/h1-14H. The van der Waals surface area contributed by atoms with Crippen LogP contribution in [0.3, 0.4) is 0 Å². The molecule has 0 bridgehead atoms. The Kier molecular flexibility index (Phi) is 7.56. The van der Waals surface area contributed by atoms with Gasteiger partial charge in [-0.05, 0) is 52.3 Å². The van der Waals surface area contributed by atoms with Crippen molar-refractivity contribution in [3.8, 4) is 23.0 Å². The molecule has 0 aliphatic rings. The minimum atomic E-state index is -4.62. The molecule has 0 saturated heterocycles. The average molecular weight is 645 g/mol. The van der Waals surface area contributed by atoms with Crippen molar-refractivity contribution >= 4 is 50.3 Å². The van der Waals surface area contributed by atoms with Crippen LogP contribution >= 0.6 is 27.5 Å². The lowest BCUT2D eigenvalue weighted by Gasteiger charge is -2.13. The lowest BCUT2D eigenvalue weighted by molar-refractivity contribution is -0.385. The van der Waals surface area contributed by atoms with E-state index in [1.54, 1.807) is 18.2 Å². The first kappa shape index (κ1) is 27.9. The number of aromatic nitrogens is 3. The number of hydrogen-bond donors (Lipinski definition) is 0. The largest absolute Gasteiger partial charge is 0.437 e. The van der Waals surface area contributed by atoms with Crippen LogP contribution in [-0.4, -0.2) is 25.8 Å². The molecule has 9 nitrogen and oxygen atoms in total. The van der Waals surface area contributed by atoms with Crippen molar-refractivity contribution in [2.45, 2.75) is 6.18 Å². The number of alkyl halides is 3. The summed E-state index contributed by atoms with van der Waals surface area (Å²) in [5.74, 6) is 0.0426. The molecule has 0 fully saturated rings. The molecule has 0 amide bonds. The molecule has 0 spiro atoms. The van der Waals surface area contributed by atoms with Gasteiger partial charge in [-0.1, -0.05) is 35.9 Å². The molecule has 0 aliphatic heterocycles. The zero-order chi connectivity index (χ0) is 29.3. The maximum Gasteiger partial charge on any atom is 0.416 e. The summed E-state index contributed by atoms with van der Waals surface area (Å²) in [6.45, 7) is 0. The van der Waals surface area contributed by atoms with E-state index in [1.807, 2.05) is 0 Å². The Bertz CT molecular complexity index is 1900. The zero-order valence-corrected chi connectivity index (χ0v) is 22.7. The number of ether oxygens (including phenoxy) is 1. The molecule has 0 atom stereocenters. The van der Waals surface area contributed by atoms with Gasteiger partial charge in [0, 0.05) is 28.3 Å². The number of halogens is 5. The molecule has 0 radical (unpaired) electrons. The number of nitrogens with zero attached hydrogens (tertiary/aromatic N) is 5. The Labute approximate surface area is 241 Å². The summed E-state index contributed by atoms with van der Waals surface area (Å²) in [6.07, 6.45) is -2.37. The first-order chi connectivity index (χ1) is 19.5. The summed E-state index contributed by atoms with van der Waals surface area (Å²) < 4.78 is 47.5. The minimum absolute atomic E-state index is 0.0126. The average Bonchev–Trinajstić information content (AvgIpc) is 2.94. The summed E-state index contributed by atoms with van der Waals surface area (Å²) in [4.78, 5) is 32.2. The number of para-hydroxylation sites is 1. The van der Waals surface area contributed by atoms with E-state index in [1.165, 1.54) is 48.7 Å². The molecular formula is C27H14BrClF3N5O4. The topological polar surface area (TPSA) is 113 Å². The number of rotatable bonds is 6. The zero-order valence-electron chi connectivity index (χ0n) is 20.3. The SMILES string of the molecule is O=c1c2ccccc2nc(-c2cccc(C(F)(F)F)c2)n1N=Cc1cc(Cl)cc(Br)c1Oc1ccc([N+](=O)[O-])cn1. The number of fused-ring (bicyclic) bond motifs is 1. The Morgan fingerprint density at radius 1 is 1.07 bits per heavy atom. The Balaban J connectivity index is 1.64. The van der Waals surface area contributed by atoms with E-state index in [2.05, 4.69) is 31.0 Å². The molecule has 5 aromatic rings. The van der Waals surface area contributed by atoms with Crippen LogP contribution in [-0.2, 0) is 6.18 Å². The normalized spacial score (nSPS) is 11.7. The summed E-state index contributed by atoms with van der Waals surface area (Å²) in [5.41, 5.74) is -1.24. The fourth-order valence-corrected chi connectivity index (χ4v) is 4.72. The van der Waals surface area contributed by atoms with Gasteiger partial charge < -0.3 is 4.74 Å². The summed E-state index contributed by atoms with van der Waals surface area (Å²) in [5, 5.41) is 15.7. The highest BCUT2D eigenvalue weighted by Crippen LogP contribution is 2.35. The van der Waals surface area contributed by atoms with Crippen LogP contribution in [0.2, 0.25) is 5.02 Å². The van der Waals surface area contributed by atoms with Gasteiger partial charge in [0.2, 0.25) is 5.88 Å². The molecule has 0 saturated carbocycles. The van der Waals surface area contributed by atoms with Crippen LogP contribution < -0.4 is 10.3 Å². The van der Waals surface area contributed by atoms with Gasteiger partial charge in [0.05, 0.1) is 32.1 Å². The predicted molar refractivity (Wildman–Crippen MR) is 150 cm³/mol. The number of hydrogen-bond acceptors (Lipinski definition) is 7. The molecule has 5 rings (SSSR count). The number of benzene rings is 3. The predicted octanol–water partition coefficient (Wildman–Crippen LogP) is 7.48. The van der Waals surface area contributed by atoms with Gasteiger partial charge in [-0.2, -0.15) is 22.9 Å². The molecule has 206 valence electrons. The van der Waals surface area contributed by atoms with E-state index < -0.39 is 22.2 Å². The summed E-state index contributed by atoms with van der Waals surface area (Å²) in [6, 6.07) is 16.3. The maximum absolute atomic E-state index is 13.5. The van der Waals surface area contributed by atoms with E-state index in [4.69, 9.17) is 16.3 Å². The quantitative estimate of drug-likeness (QED) is 0.108. The molecule has 3 aromatic carbocycles. The molecule has 0 N–H and O–H groups in total. The highest BCUT2D eigenvalue weighted by molar-refractivity contribution is 9.10. The van der Waals surface area contributed by atoms with Gasteiger partial charge >= 0.3 is 6.18 Å². The summed E-state index contributed by atoms with van der Waals surface area (Å²) in [7, 11) is 0. The van der Waals surface area contributed by atoms with Crippen molar-refractivity contribution < 1.29 is 22.8 Å². The van der Waals surface area contributed by atoms with Crippen molar-refractivity contribution in [1.82, 2.24) is 14.6 Å². The smallest absolute Gasteiger partial charge is 0.416 e. The van der Waals surface area contributed by atoms with Crippen molar-refractivity contribution in [2.24, 2.45) is 5.10 Å². The Morgan fingerprint density at radius 3 is 2.56 bits per heavy atom. The number of pyridine rings is 1. The maximum atomic E-state index is 13.5. The van der Waals surface area contributed by atoms with Crippen molar-refractivity contribution in [1.29, 1.82) is 0 Å². The van der Waals surface area contributed by atoms with Gasteiger partial charge in [0.1, 0.15) is 6.20 Å². The third-order valence-electron chi connectivity index (χ3n) is 5.69. The van der Waals surface area contributed by atoms with E-state index >= 15 is 0 Å². The van der Waals surface area contributed by atoms with Crippen molar-refractivity contribution in [3.63, 3.8) is 0 Å². The fraction of sp³-hybridized carbons (Fsp3) is 0.0370. The third-order valence-corrected chi connectivity index (χ3v) is 6.50. The second-order valence-corrected chi connectivity index (χ2v) is 9.70. The van der Waals surface area contributed by atoms with Crippen molar-refractivity contribution in [3.05, 3.63) is 120 Å². The van der Waals surface area contributed by atoms with E-state index in [0.29, 0.717) is 4.47 Å². The van der Waals surface area contributed by atoms with Gasteiger partial charge in [-0.15, -0.1) is 0 Å². The third kappa shape index (κ3) is 5.95. The van der Waals surface area contributed by atoms with Crippen LogP contribution in [0.4, 0.5) is 18.9 Å². The van der Waals surface area contributed by atoms with Crippen LogP contribution in [0.5, 0.6) is 11.6 Å². The Morgan fingerprint density at radius 2 is 1.85 bits per heavy atom. The molecule has 0 aliphatic carbocycles. The number of nitro groups is 1. The first-order valence-corrected chi connectivity index (χ1v) is 12.7. The lowest BCUT2D eigenvalue weighted by Crippen LogP contribution is -2.20. The first-order valence-electron chi connectivity index (χ1n) is 11.5. The minimum Gasteiger partial charge on any atom is -0.437 e. The fourth-order valence-electron chi connectivity index (χ4n) is 3.80. The van der Waals surface area contributed by atoms with Crippen LogP contribution in [0, 0.1) is 10.1 Å². The summed E-state index contributed by atoms with van der Waals surface area (Å²) >= 11 is 9.58.